The van der Waals surface area contributed by atoms with Crippen molar-refractivity contribution in [3.05, 3.63) is 27.9 Å². The first-order valence-corrected chi connectivity index (χ1v) is 5.54. The van der Waals surface area contributed by atoms with E-state index in [9.17, 15) is 14.9 Å². The van der Waals surface area contributed by atoms with Crippen molar-refractivity contribution in [2.75, 3.05) is 11.9 Å². The highest BCUT2D eigenvalue weighted by atomic mass is 16.6. The number of anilines is 1. The normalized spacial score (nSPS) is 10.2. The molecule has 1 aromatic heterocycles. The van der Waals surface area contributed by atoms with E-state index in [1.165, 1.54) is 6.07 Å². The quantitative estimate of drug-likeness (QED) is 0.607. The summed E-state index contributed by atoms with van der Waals surface area (Å²) in [5.74, 6) is 0.323. The molecule has 0 unspecified atom stereocenters. The van der Waals surface area contributed by atoms with Crippen LogP contribution in [0.15, 0.2) is 12.3 Å². The summed E-state index contributed by atoms with van der Waals surface area (Å²) in [6.45, 7) is 5.52. The van der Waals surface area contributed by atoms with E-state index in [1.807, 2.05) is 13.8 Å². The molecule has 0 radical (unpaired) electrons. The Hall–Kier alpha value is -2.18. The maximum absolute atomic E-state index is 11.4. The maximum atomic E-state index is 11.4. The smallest absolute Gasteiger partial charge is 0.287 e. The van der Waals surface area contributed by atoms with E-state index in [4.69, 9.17) is 0 Å². The van der Waals surface area contributed by atoms with Gasteiger partial charge in [0.05, 0.1) is 11.5 Å². The van der Waals surface area contributed by atoms with Gasteiger partial charge in [-0.2, -0.15) is 0 Å². The molecule has 2 N–H and O–H groups in total. The zero-order valence-electron chi connectivity index (χ0n) is 10.6. The predicted molar refractivity (Wildman–Crippen MR) is 67.4 cm³/mol. The summed E-state index contributed by atoms with van der Waals surface area (Å²) in [7, 11) is 0. The third-order valence-corrected chi connectivity index (χ3v) is 2.14. The molecule has 0 aliphatic carbocycles. The van der Waals surface area contributed by atoms with Crippen molar-refractivity contribution >= 4 is 17.4 Å². The number of nitrogens with one attached hydrogen (secondary N) is 2. The van der Waals surface area contributed by atoms with E-state index < -0.39 is 4.92 Å². The molecule has 0 bridgehead atoms. The van der Waals surface area contributed by atoms with Gasteiger partial charge >= 0.3 is 0 Å². The summed E-state index contributed by atoms with van der Waals surface area (Å²) in [5.41, 5.74) is 0.561. The third-order valence-electron chi connectivity index (χ3n) is 2.14. The summed E-state index contributed by atoms with van der Waals surface area (Å²) in [6, 6.07) is 1.49. The van der Waals surface area contributed by atoms with Gasteiger partial charge in [-0.1, -0.05) is 0 Å². The standard InChI is InChI=1S/C11H16N4O3/c1-7(2)14-10(16)6-13-11-8(3)4-9(5-12-11)15(17)18/h4-5,7H,6H2,1-3H3,(H,12,13)(H,14,16). The second-order valence-corrected chi connectivity index (χ2v) is 4.19. The Morgan fingerprint density at radius 3 is 2.72 bits per heavy atom. The number of aromatic nitrogens is 1. The van der Waals surface area contributed by atoms with Gasteiger partial charge in [0.15, 0.2) is 0 Å². The fourth-order valence-corrected chi connectivity index (χ4v) is 1.38. The van der Waals surface area contributed by atoms with Gasteiger partial charge in [0.1, 0.15) is 12.0 Å². The van der Waals surface area contributed by atoms with E-state index in [-0.39, 0.29) is 24.2 Å². The number of carbonyl (C=O) groups excluding carboxylic acids is 1. The summed E-state index contributed by atoms with van der Waals surface area (Å²) in [4.78, 5) is 25.3. The number of amides is 1. The number of hydrogen-bond acceptors (Lipinski definition) is 5. The first-order chi connectivity index (χ1) is 8.40. The molecule has 1 aromatic rings. The first-order valence-electron chi connectivity index (χ1n) is 5.54. The topological polar surface area (TPSA) is 97.2 Å². The molecule has 1 heterocycles. The lowest BCUT2D eigenvalue weighted by molar-refractivity contribution is -0.385. The lowest BCUT2D eigenvalue weighted by Gasteiger charge is -2.10. The Morgan fingerprint density at radius 1 is 1.56 bits per heavy atom. The Morgan fingerprint density at radius 2 is 2.22 bits per heavy atom. The minimum absolute atomic E-state index is 0.0651. The van der Waals surface area contributed by atoms with E-state index in [0.717, 1.165) is 6.20 Å². The molecule has 1 amide bonds. The fraction of sp³-hybridized carbons (Fsp3) is 0.455. The van der Waals surface area contributed by atoms with E-state index in [0.29, 0.717) is 11.4 Å². The monoisotopic (exact) mass is 252 g/mol. The summed E-state index contributed by atoms with van der Waals surface area (Å²) in [5, 5.41) is 16.1. The van der Waals surface area contributed by atoms with Crippen LogP contribution in [0.1, 0.15) is 19.4 Å². The molecule has 0 aliphatic rings. The highest BCUT2D eigenvalue weighted by Crippen LogP contribution is 2.17. The third kappa shape index (κ3) is 4.00. The molecule has 0 spiro atoms. The lowest BCUT2D eigenvalue weighted by Crippen LogP contribution is -2.35. The van der Waals surface area contributed by atoms with Crippen LogP contribution in [0.2, 0.25) is 0 Å². The second-order valence-electron chi connectivity index (χ2n) is 4.19. The van der Waals surface area contributed by atoms with Crippen molar-refractivity contribution in [2.45, 2.75) is 26.8 Å². The molecular weight excluding hydrogens is 236 g/mol. The number of pyridine rings is 1. The number of carbonyl (C=O) groups is 1. The number of aryl methyl sites for hydroxylation is 1. The predicted octanol–water partition coefficient (Wildman–Crippen LogP) is 1.23. The number of hydrogen-bond donors (Lipinski definition) is 2. The zero-order chi connectivity index (χ0) is 13.7. The van der Waals surface area contributed by atoms with Crippen LogP contribution < -0.4 is 10.6 Å². The SMILES string of the molecule is Cc1cc([N+](=O)[O-])cnc1NCC(=O)NC(C)C. The van der Waals surface area contributed by atoms with Crippen LogP contribution in [0.4, 0.5) is 11.5 Å². The number of nitrogens with zero attached hydrogens (tertiary/aromatic N) is 2. The number of nitro groups is 1. The second kappa shape index (κ2) is 5.95. The molecule has 18 heavy (non-hydrogen) atoms. The molecule has 0 atom stereocenters. The largest absolute Gasteiger partial charge is 0.361 e. The minimum atomic E-state index is -0.505. The van der Waals surface area contributed by atoms with Crippen LogP contribution in [0.3, 0.4) is 0 Å². The van der Waals surface area contributed by atoms with E-state index >= 15 is 0 Å². The maximum Gasteiger partial charge on any atom is 0.287 e. The Labute approximate surface area is 105 Å². The molecule has 0 fully saturated rings. The molecule has 0 aromatic carbocycles. The highest BCUT2D eigenvalue weighted by Gasteiger charge is 2.10. The Balaban J connectivity index is 2.63. The van der Waals surface area contributed by atoms with Gasteiger partial charge in [0, 0.05) is 12.1 Å². The van der Waals surface area contributed by atoms with Gasteiger partial charge in [0.2, 0.25) is 5.91 Å². The van der Waals surface area contributed by atoms with Gasteiger partial charge in [-0.15, -0.1) is 0 Å². The van der Waals surface area contributed by atoms with Crippen LogP contribution in [-0.4, -0.2) is 28.4 Å². The lowest BCUT2D eigenvalue weighted by atomic mass is 10.2. The van der Waals surface area contributed by atoms with E-state index in [2.05, 4.69) is 15.6 Å². The van der Waals surface area contributed by atoms with Crippen molar-refractivity contribution in [1.82, 2.24) is 10.3 Å². The van der Waals surface area contributed by atoms with Gasteiger partial charge in [-0.3, -0.25) is 14.9 Å². The highest BCUT2D eigenvalue weighted by molar-refractivity contribution is 5.80. The summed E-state index contributed by atoms with van der Waals surface area (Å²) < 4.78 is 0. The van der Waals surface area contributed by atoms with Gasteiger partial charge < -0.3 is 10.6 Å². The van der Waals surface area contributed by atoms with Crippen molar-refractivity contribution in [1.29, 1.82) is 0 Å². The molecule has 0 aliphatic heterocycles. The van der Waals surface area contributed by atoms with Gasteiger partial charge in [0.25, 0.3) is 5.69 Å². The van der Waals surface area contributed by atoms with E-state index in [1.54, 1.807) is 6.92 Å². The molecule has 7 nitrogen and oxygen atoms in total. The van der Waals surface area contributed by atoms with Gasteiger partial charge in [-0.05, 0) is 26.3 Å². The van der Waals surface area contributed by atoms with Crippen LogP contribution in [0.5, 0.6) is 0 Å². The number of rotatable bonds is 5. The van der Waals surface area contributed by atoms with Gasteiger partial charge in [-0.25, -0.2) is 4.98 Å². The van der Waals surface area contributed by atoms with Crippen molar-refractivity contribution in [3.8, 4) is 0 Å². The van der Waals surface area contributed by atoms with Crippen LogP contribution >= 0.6 is 0 Å². The van der Waals surface area contributed by atoms with Crippen molar-refractivity contribution in [2.24, 2.45) is 0 Å². The average Bonchev–Trinajstić information content (AvgIpc) is 2.26. The summed E-state index contributed by atoms with van der Waals surface area (Å²) in [6.07, 6.45) is 1.16. The van der Waals surface area contributed by atoms with Crippen LogP contribution in [0.25, 0.3) is 0 Å². The molecular formula is C11H16N4O3. The van der Waals surface area contributed by atoms with Crippen LogP contribution in [0, 0.1) is 17.0 Å². The molecule has 0 saturated heterocycles. The molecule has 0 saturated carbocycles. The summed E-state index contributed by atoms with van der Waals surface area (Å²) >= 11 is 0. The minimum Gasteiger partial charge on any atom is -0.361 e. The molecule has 98 valence electrons. The Bertz CT molecular complexity index is 460. The molecule has 1 rings (SSSR count). The molecule has 7 heteroatoms. The zero-order valence-corrected chi connectivity index (χ0v) is 10.6. The first kappa shape index (κ1) is 13.9. The fourth-order valence-electron chi connectivity index (χ4n) is 1.38. The van der Waals surface area contributed by atoms with Crippen LogP contribution in [-0.2, 0) is 4.79 Å². The van der Waals surface area contributed by atoms with Crippen molar-refractivity contribution < 1.29 is 9.72 Å². The Kier molecular flexibility index (Phi) is 4.59. The average molecular weight is 252 g/mol. The van der Waals surface area contributed by atoms with Crippen molar-refractivity contribution in [3.63, 3.8) is 0 Å².